The Balaban J connectivity index is 2.10. The second kappa shape index (κ2) is 4.66. The lowest BCUT2D eigenvalue weighted by atomic mass is 9.65. The van der Waals surface area contributed by atoms with Gasteiger partial charge < -0.3 is 9.88 Å². The van der Waals surface area contributed by atoms with Crippen LogP contribution in [0.15, 0.2) is 23.1 Å². The Labute approximate surface area is 134 Å². The van der Waals surface area contributed by atoms with E-state index < -0.39 is 11.2 Å². The SMILES string of the molecule is Cc1cc(F)cc2c(=O)c(C(=O)N3CC(C)(C)C3(C)C)c[nH]c12. The third-order valence-corrected chi connectivity index (χ3v) is 5.51. The summed E-state index contributed by atoms with van der Waals surface area (Å²) in [6.45, 7) is 10.5. The maximum Gasteiger partial charge on any atom is 0.259 e. The Morgan fingerprint density at radius 1 is 1.26 bits per heavy atom. The van der Waals surface area contributed by atoms with Crippen LogP contribution in [0, 0.1) is 18.2 Å². The van der Waals surface area contributed by atoms with Gasteiger partial charge in [-0.3, -0.25) is 9.59 Å². The molecule has 5 heteroatoms. The molecule has 1 aliphatic heterocycles. The van der Waals surface area contributed by atoms with E-state index in [9.17, 15) is 14.0 Å². The first-order chi connectivity index (χ1) is 10.6. The zero-order chi connectivity index (χ0) is 17.2. The van der Waals surface area contributed by atoms with E-state index in [-0.39, 0.29) is 27.8 Å². The van der Waals surface area contributed by atoms with Gasteiger partial charge in [-0.05, 0) is 38.5 Å². The Kier molecular flexibility index (Phi) is 3.19. The molecule has 0 radical (unpaired) electrons. The Morgan fingerprint density at radius 3 is 2.48 bits per heavy atom. The maximum absolute atomic E-state index is 13.6. The molecule has 0 aliphatic carbocycles. The summed E-state index contributed by atoms with van der Waals surface area (Å²) in [5.74, 6) is -0.782. The monoisotopic (exact) mass is 316 g/mol. The number of benzene rings is 1. The fourth-order valence-electron chi connectivity index (χ4n) is 3.16. The molecule has 0 bridgehead atoms. The number of pyridine rings is 1. The molecule has 1 N–H and O–H groups in total. The first-order valence-electron chi connectivity index (χ1n) is 7.70. The number of carbonyl (C=O) groups is 1. The number of aromatic amines is 1. The highest BCUT2D eigenvalue weighted by Crippen LogP contribution is 2.46. The number of carbonyl (C=O) groups excluding carboxylic acids is 1. The Hall–Kier alpha value is -2.17. The smallest absolute Gasteiger partial charge is 0.259 e. The molecule has 2 aromatic rings. The number of nitrogens with one attached hydrogen (secondary N) is 1. The zero-order valence-electron chi connectivity index (χ0n) is 14.1. The number of H-pyrrole nitrogens is 1. The van der Waals surface area contributed by atoms with Crippen molar-refractivity contribution in [1.82, 2.24) is 9.88 Å². The molecular formula is C18H21FN2O2. The summed E-state index contributed by atoms with van der Waals surface area (Å²) < 4.78 is 13.6. The molecule has 1 amide bonds. The number of amides is 1. The predicted octanol–water partition coefficient (Wildman–Crippen LogP) is 3.24. The van der Waals surface area contributed by atoms with Gasteiger partial charge in [0, 0.05) is 29.1 Å². The molecule has 4 nitrogen and oxygen atoms in total. The molecule has 1 aliphatic rings. The van der Waals surface area contributed by atoms with Crippen LogP contribution in [0.2, 0.25) is 0 Å². The standard InChI is InChI=1S/C18H21FN2O2/c1-10-6-11(19)7-12-14(10)20-8-13(15(12)22)16(23)21-9-17(2,3)18(21,4)5/h6-8H,9H2,1-5H3,(H,20,22). The van der Waals surface area contributed by atoms with Crippen LogP contribution >= 0.6 is 0 Å². The highest BCUT2D eigenvalue weighted by Gasteiger charge is 2.54. The average Bonchev–Trinajstić information content (AvgIpc) is 2.45. The second-order valence-electron chi connectivity index (χ2n) is 7.51. The van der Waals surface area contributed by atoms with Crippen molar-refractivity contribution in [3.8, 4) is 0 Å². The van der Waals surface area contributed by atoms with E-state index >= 15 is 0 Å². The number of hydrogen-bond donors (Lipinski definition) is 1. The zero-order valence-corrected chi connectivity index (χ0v) is 14.1. The number of aryl methyl sites for hydroxylation is 1. The van der Waals surface area contributed by atoms with E-state index in [2.05, 4.69) is 18.8 Å². The summed E-state index contributed by atoms with van der Waals surface area (Å²) in [5, 5.41) is 0.214. The van der Waals surface area contributed by atoms with Gasteiger partial charge in [-0.1, -0.05) is 13.8 Å². The number of fused-ring (bicyclic) bond motifs is 1. The van der Waals surface area contributed by atoms with E-state index in [1.807, 2.05) is 13.8 Å². The van der Waals surface area contributed by atoms with E-state index in [1.54, 1.807) is 11.8 Å². The third-order valence-electron chi connectivity index (χ3n) is 5.51. The lowest BCUT2D eigenvalue weighted by molar-refractivity contribution is -0.0882. The molecule has 0 atom stereocenters. The van der Waals surface area contributed by atoms with Crippen LogP contribution in [0.4, 0.5) is 4.39 Å². The van der Waals surface area contributed by atoms with Gasteiger partial charge in [0.05, 0.1) is 5.52 Å². The summed E-state index contributed by atoms with van der Waals surface area (Å²) in [7, 11) is 0. The minimum Gasteiger partial charge on any atom is -0.360 e. The lowest BCUT2D eigenvalue weighted by Gasteiger charge is -2.61. The van der Waals surface area contributed by atoms with E-state index in [4.69, 9.17) is 0 Å². The number of rotatable bonds is 1. The van der Waals surface area contributed by atoms with E-state index in [0.29, 0.717) is 17.6 Å². The van der Waals surface area contributed by atoms with Crippen molar-refractivity contribution in [2.45, 2.75) is 40.2 Å². The normalized spacial score (nSPS) is 18.8. The van der Waals surface area contributed by atoms with Crippen LogP contribution in [0.5, 0.6) is 0 Å². The van der Waals surface area contributed by atoms with Gasteiger partial charge in [0.1, 0.15) is 11.4 Å². The summed E-state index contributed by atoms with van der Waals surface area (Å²) in [4.78, 5) is 30.1. The van der Waals surface area contributed by atoms with Crippen LogP contribution < -0.4 is 5.43 Å². The van der Waals surface area contributed by atoms with Crippen LogP contribution in [-0.2, 0) is 0 Å². The number of hydrogen-bond acceptors (Lipinski definition) is 2. The fourth-order valence-corrected chi connectivity index (χ4v) is 3.16. The highest BCUT2D eigenvalue weighted by atomic mass is 19.1. The van der Waals surface area contributed by atoms with Gasteiger partial charge in [0.2, 0.25) is 5.43 Å². The maximum atomic E-state index is 13.6. The topological polar surface area (TPSA) is 53.2 Å². The van der Waals surface area contributed by atoms with Gasteiger partial charge in [0.15, 0.2) is 0 Å². The highest BCUT2D eigenvalue weighted by molar-refractivity contribution is 5.98. The minimum absolute atomic E-state index is 0.00499. The molecule has 1 fully saturated rings. The van der Waals surface area contributed by atoms with Crippen LogP contribution in [0.1, 0.15) is 43.6 Å². The van der Waals surface area contributed by atoms with Crippen molar-refractivity contribution in [3.63, 3.8) is 0 Å². The van der Waals surface area contributed by atoms with Crippen molar-refractivity contribution in [1.29, 1.82) is 0 Å². The molecule has 1 aromatic carbocycles. The number of aromatic nitrogens is 1. The van der Waals surface area contributed by atoms with Crippen molar-refractivity contribution in [2.75, 3.05) is 6.54 Å². The quantitative estimate of drug-likeness (QED) is 0.878. The summed E-state index contributed by atoms with van der Waals surface area (Å²) >= 11 is 0. The fraction of sp³-hybridized carbons (Fsp3) is 0.444. The third kappa shape index (κ3) is 2.10. The molecule has 2 heterocycles. The van der Waals surface area contributed by atoms with E-state index in [1.165, 1.54) is 18.3 Å². The van der Waals surface area contributed by atoms with Gasteiger partial charge in [-0.15, -0.1) is 0 Å². The minimum atomic E-state index is -0.476. The first kappa shape index (κ1) is 15.7. The first-order valence-corrected chi connectivity index (χ1v) is 7.70. The number of likely N-dealkylation sites (tertiary alicyclic amines) is 1. The number of nitrogens with zero attached hydrogens (tertiary/aromatic N) is 1. The van der Waals surface area contributed by atoms with Crippen molar-refractivity contribution < 1.29 is 9.18 Å². The summed E-state index contributed by atoms with van der Waals surface area (Å²) in [6, 6.07) is 2.55. The summed E-state index contributed by atoms with van der Waals surface area (Å²) in [5.41, 5.74) is 0.508. The molecule has 1 saturated heterocycles. The number of halogens is 1. The summed E-state index contributed by atoms with van der Waals surface area (Å²) in [6.07, 6.45) is 1.44. The predicted molar refractivity (Wildman–Crippen MR) is 88.2 cm³/mol. The molecule has 0 spiro atoms. The van der Waals surface area contributed by atoms with Gasteiger partial charge in [-0.25, -0.2) is 4.39 Å². The lowest BCUT2D eigenvalue weighted by Crippen LogP contribution is -2.70. The van der Waals surface area contributed by atoms with Crippen LogP contribution in [0.3, 0.4) is 0 Å². The molecule has 23 heavy (non-hydrogen) atoms. The van der Waals surface area contributed by atoms with Crippen molar-refractivity contribution >= 4 is 16.8 Å². The molecule has 0 saturated carbocycles. The second-order valence-corrected chi connectivity index (χ2v) is 7.51. The largest absolute Gasteiger partial charge is 0.360 e. The molecule has 0 unspecified atom stereocenters. The van der Waals surface area contributed by atoms with Gasteiger partial charge >= 0.3 is 0 Å². The van der Waals surface area contributed by atoms with Crippen molar-refractivity contribution in [3.05, 3.63) is 45.5 Å². The molecule has 3 rings (SSSR count). The van der Waals surface area contributed by atoms with Gasteiger partial charge in [0.25, 0.3) is 5.91 Å². The Bertz CT molecular complexity index is 880. The van der Waals surface area contributed by atoms with Gasteiger partial charge in [-0.2, -0.15) is 0 Å². The van der Waals surface area contributed by atoms with Crippen LogP contribution in [-0.4, -0.2) is 27.9 Å². The average molecular weight is 316 g/mol. The molecular weight excluding hydrogens is 295 g/mol. The molecule has 1 aromatic heterocycles. The van der Waals surface area contributed by atoms with Crippen LogP contribution in [0.25, 0.3) is 10.9 Å². The van der Waals surface area contributed by atoms with Crippen molar-refractivity contribution in [2.24, 2.45) is 5.41 Å². The van der Waals surface area contributed by atoms with E-state index in [0.717, 1.165) is 0 Å². The molecule has 122 valence electrons. The Morgan fingerprint density at radius 2 is 1.91 bits per heavy atom.